The van der Waals surface area contributed by atoms with Gasteiger partial charge in [-0.3, -0.25) is 4.90 Å². The fraction of sp³-hybridized carbons (Fsp3) is 0.692. The quantitative estimate of drug-likeness (QED) is 0.742. The number of rotatable bonds is 4. The lowest BCUT2D eigenvalue weighted by molar-refractivity contribution is 0.0434. The zero-order valence-electron chi connectivity index (χ0n) is 11.1. The molecule has 0 aliphatic carbocycles. The Morgan fingerprint density at radius 1 is 1.31 bits per heavy atom. The zero-order valence-corrected chi connectivity index (χ0v) is 11.1. The fourth-order valence-electron chi connectivity index (χ4n) is 1.45. The highest BCUT2D eigenvalue weighted by Crippen LogP contribution is 1.98. The van der Waals surface area contributed by atoms with Crippen LogP contribution in [0, 0.1) is 0 Å². The van der Waals surface area contributed by atoms with E-state index in [0.29, 0.717) is 0 Å². The molecule has 0 aromatic heterocycles. The van der Waals surface area contributed by atoms with Crippen molar-refractivity contribution < 1.29 is 4.74 Å². The maximum Gasteiger partial charge on any atom is 0.0594 e. The fourth-order valence-corrected chi connectivity index (χ4v) is 1.45. The van der Waals surface area contributed by atoms with Crippen LogP contribution in [0.15, 0.2) is 23.9 Å². The van der Waals surface area contributed by atoms with Crippen molar-refractivity contribution >= 4 is 0 Å². The van der Waals surface area contributed by atoms with Gasteiger partial charge in [-0.05, 0) is 18.7 Å². The van der Waals surface area contributed by atoms with Gasteiger partial charge in [0.2, 0.25) is 0 Å². The van der Waals surface area contributed by atoms with Crippen LogP contribution in [0.3, 0.4) is 0 Å². The Morgan fingerprint density at radius 2 is 1.94 bits per heavy atom. The molecule has 0 atom stereocenters. The topological polar surface area (TPSA) is 24.5 Å². The van der Waals surface area contributed by atoms with Crippen molar-refractivity contribution in [3.05, 3.63) is 23.9 Å². The van der Waals surface area contributed by atoms with Crippen LogP contribution in [-0.4, -0.2) is 44.8 Å². The molecule has 0 radical (unpaired) electrons. The predicted octanol–water partition coefficient (Wildman–Crippen LogP) is 2.02. The van der Waals surface area contributed by atoms with Crippen LogP contribution in [0.1, 0.15) is 20.8 Å². The Bertz CT molecular complexity index is 206. The Balaban J connectivity index is 0.00000106. The summed E-state index contributed by atoms with van der Waals surface area (Å²) < 4.78 is 5.28. The maximum atomic E-state index is 5.28. The van der Waals surface area contributed by atoms with Gasteiger partial charge in [0, 0.05) is 26.7 Å². The molecule has 0 spiro atoms. The van der Waals surface area contributed by atoms with Crippen molar-refractivity contribution in [1.29, 1.82) is 0 Å². The lowest BCUT2D eigenvalue weighted by Gasteiger charge is -2.25. The Hall–Kier alpha value is -0.800. The van der Waals surface area contributed by atoms with E-state index in [1.807, 2.05) is 27.1 Å². The first-order chi connectivity index (χ1) is 7.83. The molecule has 3 heteroatoms. The standard InChI is InChI=1S/C11H20N2O.C2H6/c1-11(10-12-2)4-3-5-13-6-8-14-9-7-13;1-2/h3-4,10,12H,5-9H2,1-2H3;1-2H3/b4-3-,11-10-;. The molecule has 0 aromatic carbocycles. The van der Waals surface area contributed by atoms with Crippen molar-refractivity contribution in [2.45, 2.75) is 20.8 Å². The molecule has 1 aliphatic heterocycles. The molecule has 0 aromatic rings. The van der Waals surface area contributed by atoms with Gasteiger partial charge >= 0.3 is 0 Å². The number of allylic oxidation sites excluding steroid dienone is 2. The number of morpholine rings is 1. The van der Waals surface area contributed by atoms with Gasteiger partial charge in [0.05, 0.1) is 13.2 Å². The predicted molar refractivity (Wildman–Crippen MR) is 70.6 cm³/mol. The van der Waals surface area contributed by atoms with Crippen LogP contribution in [0.4, 0.5) is 0 Å². The second-order valence-corrected chi connectivity index (χ2v) is 3.49. The first kappa shape index (κ1) is 15.2. The second-order valence-electron chi connectivity index (χ2n) is 3.49. The van der Waals surface area contributed by atoms with E-state index in [2.05, 4.69) is 29.3 Å². The van der Waals surface area contributed by atoms with Gasteiger partial charge in [-0.2, -0.15) is 0 Å². The van der Waals surface area contributed by atoms with Gasteiger partial charge in [0.15, 0.2) is 0 Å². The second kappa shape index (κ2) is 10.7. The Labute approximate surface area is 100 Å². The molecule has 94 valence electrons. The van der Waals surface area contributed by atoms with Gasteiger partial charge in [-0.1, -0.05) is 26.0 Å². The van der Waals surface area contributed by atoms with E-state index in [1.165, 1.54) is 5.57 Å². The first-order valence-electron chi connectivity index (χ1n) is 6.13. The van der Waals surface area contributed by atoms with Crippen LogP contribution in [0.2, 0.25) is 0 Å². The number of ether oxygens (including phenoxy) is 1. The summed E-state index contributed by atoms with van der Waals surface area (Å²) in [6, 6.07) is 0. The van der Waals surface area contributed by atoms with E-state index in [0.717, 1.165) is 32.8 Å². The van der Waals surface area contributed by atoms with Crippen molar-refractivity contribution in [2.24, 2.45) is 0 Å². The van der Waals surface area contributed by atoms with Crippen LogP contribution in [0.25, 0.3) is 0 Å². The van der Waals surface area contributed by atoms with E-state index < -0.39 is 0 Å². The minimum atomic E-state index is 0.874. The Kier molecular flexibility index (Phi) is 10.2. The van der Waals surface area contributed by atoms with Gasteiger partial charge in [0.25, 0.3) is 0 Å². The van der Waals surface area contributed by atoms with Crippen LogP contribution < -0.4 is 5.32 Å². The van der Waals surface area contributed by atoms with Crippen molar-refractivity contribution in [3.63, 3.8) is 0 Å². The van der Waals surface area contributed by atoms with E-state index in [1.54, 1.807) is 0 Å². The summed E-state index contributed by atoms with van der Waals surface area (Å²) in [6.07, 6.45) is 6.34. The molecule has 16 heavy (non-hydrogen) atoms. The minimum Gasteiger partial charge on any atom is -0.394 e. The highest BCUT2D eigenvalue weighted by Gasteiger charge is 2.07. The largest absolute Gasteiger partial charge is 0.394 e. The molecular weight excluding hydrogens is 200 g/mol. The van der Waals surface area contributed by atoms with E-state index >= 15 is 0 Å². The van der Waals surface area contributed by atoms with Crippen LogP contribution >= 0.6 is 0 Å². The van der Waals surface area contributed by atoms with Gasteiger partial charge in [0.1, 0.15) is 0 Å². The zero-order chi connectivity index (χ0) is 12.2. The van der Waals surface area contributed by atoms with Crippen molar-refractivity contribution in [2.75, 3.05) is 39.9 Å². The maximum absolute atomic E-state index is 5.28. The van der Waals surface area contributed by atoms with E-state index in [4.69, 9.17) is 4.74 Å². The average molecular weight is 226 g/mol. The molecule has 0 saturated carbocycles. The van der Waals surface area contributed by atoms with Crippen LogP contribution in [0.5, 0.6) is 0 Å². The summed E-state index contributed by atoms with van der Waals surface area (Å²) in [5.74, 6) is 0. The summed E-state index contributed by atoms with van der Waals surface area (Å²) in [5.41, 5.74) is 1.25. The third kappa shape index (κ3) is 7.49. The highest BCUT2D eigenvalue weighted by molar-refractivity contribution is 5.15. The monoisotopic (exact) mass is 226 g/mol. The summed E-state index contributed by atoms with van der Waals surface area (Å²) in [7, 11) is 1.92. The molecule has 1 saturated heterocycles. The summed E-state index contributed by atoms with van der Waals surface area (Å²) in [6.45, 7) is 11.0. The number of hydrogen-bond donors (Lipinski definition) is 1. The van der Waals surface area contributed by atoms with Crippen molar-refractivity contribution in [1.82, 2.24) is 10.2 Å². The molecule has 0 unspecified atom stereocenters. The molecular formula is C13H26N2O. The Morgan fingerprint density at radius 3 is 2.50 bits per heavy atom. The van der Waals surface area contributed by atoms with Gasteiger partial charge < -0.3 is 10.1 Å². The smallest absolute Gasteiger partial charge is 0.0594 e. The number of nitrogens with one attached hydrogen (secondary N) is 1. The average Bonchev–Trinajstić information content (AvgIpc) is 2.33. The number of hydrogen-bond acceptors (Lipinski definition) is 3. The first-order valence-corrected chi connectivity index (χ1v) is 6.13. The SMILES string of the molecule is CC.CN/C=C(C)\C=C/CN1CCOCC1. The molecule has 1 rings (SSSR count). The molecule has 1 heterocycles. The molecule has 1 aliphatic rings. The summed E-state index contributed by atoms with van der Waals surface area (Å²) >= 11 is 0. The normalized spacial score (nSPS) is 18.1. The van der Waals surface area contributed by atoms with Crippen LogP contribution in [-0.2, 0) is 4.74 Å². The summed E-state index contributed by atoms with van der Waals surface area (Å²) in [4.78, 5) is 2.40. The number of nitrogens with zero attached hydrogens (tertiary/aromatic N) is 1. The molecule has 3 nitrogen and oxygen atoms in total. The van der Waals surface area contributed by atoms with E-state index in [-0.39, 0.29) is 0 Å². The van der Waals surface area contributed by atoms with E-state index in [9.17, 15) is 0 Å². The molecule has 0 bridgehead atoms. The van der Waals surface area contributed by atoms with Crippen molar-refractivity contribution in [3.8, 4) is 0 Å². The molecule has 1 fully saturated rings. The highest BCUT2D eigenvalue weighted by atomic mass is 16.5. The molecule has 1 N–H and O–H groups in total. The lowest BCUT2D eigenvalue weighted by atomic mass is 10.3. The van der Waals surface area contributed by atoms with Gasteiger partial charge in [-0.25, -0.2) is 0 Å². The third-order valence-corrected chi connectivity index (χ3v) is 2.22. The van der Waals surface area contributed by atoms with Gasteiger partial charge in [-0.15, -0.1) is 0 Å². The lowest BCUT2D eigenvalue weighted by Crippen LogP contribution is -2.36. The minimum absolute atomic E-state index is 0.874. The third-order valence-electron chi connectivity index (χ3n) is 2.22. The molecule has 0 amide bonds. The summed E-state index contributed by atoms with van der Waals surface area (Å²) in [5, 5.41) is 3.01.